The van der Waals surface area contributed by atoms with Crippen molar-refractivity contribution in [2.75, 3.05) is 32.5 Å². The summed E-state index contributed by atoms with van der Waals surface area (Å²) in [5, 5.41) is 21.0. The van der Waals surface area contributed by atoms with Crippen LogP contribution in [0, 0.1) is 29.3 Å². The van der Waals surface area contributed by atoms with Gasteiger partial charge in [-0.15, -0.1) is 11.8 Å². The van der Waals surface area contributed by atoms with Crippen molar-refractivity contribution in [3.8, 4) is 5.75 Å². The molecular formula is C28H31F3N2O4S. The maximum absolute atomic E-state index is 14.8. The maximum atomic E-state index is 14.8. The zero-order chi connectivity index (χ0) is 27.2. The monoisotopic (exact) mass is 548 g/mol. The van der Waals surface area contributed by atoms with Crippen LogP contribution in [0.15, 0.2) is 47.5 Å². The topological polar surface area (TPSA) is 82.9 Å². The van der Waals surface area contributed by atoms with E-state index in [1.165, 1.54) is 31.0 Å². The van der Waals surface area contributed by atoms with Crippen molar-refractivity contribution in [2.24, 2.45) is 11.8 Å². The molecule has 2 N–H and O–H groups in total. The number of likely N-dealkylation sites (tertiary alicyclic amines) is 1. The predicted molar refractivity (Wildman–Crippen MR) is 140 cm³/mol. The zero-order valence-corrected chi connectivity index (χ0v) is 21.9. The van der Waals surface area contributed by atoms with E-state index >= 15 is 0 Å². The summed E-state index contributed by atoms with van der Waals surface area (Å²) in [5.74, 6) is -1.61. The summed E-state index contributed by atoms with van der Waals surface area (Å²) < 4.78 is 46.9. The van der Waals surface area contributed by atoms with Gasteiger partial charge in [0.05, 0.1) is 24.9 Å². The molecule has 1 saturated heterocycles. The van der Waals surface area contributed by atoms with Crippen molar-refractivity contribution >= 4 is 28.6 Å². The van der Waals surface area contributed by atoms with E-state index in [-0.39, 0.29) is 30.2 Å². The minimum atomic E-state index is -1.07. The van der Waals surface area contributed by atoms with Gasteiger partial charge in [0.1, 0.15) is 23.2 Å². The standard InChI is InChI=1S/C28H31F3N2O4S/c1-37-21-3-4-25-23(14-21)28(24(31)15-32-25)26(34)5-2-17-6-7-33(16-18(17)10-27(35)36)8-9-38-22-12-19(29)11-20(30)13-22/h3-4,11-15,17-18,26,34H,2,5-10,16H2,1H3,(H,35,36). The highest BCUT2D eigenvalue weighted by Crippen LogP contribution is 2.36. The molecule has 204 valence electrons. The van der Waals surface area contributed by atoms with E-state index in [9.17, 15) is 28.2 Å². The molecule has 38 heavy (non-hydrogen) atoms. The van der Waals surface area contributed by atoms with Crippen LogP contribution in [-0.2, 0) is 4.79 Å². The Bertz CT molecular complexity index is 1260. The van der Waals surface area contributed by atoms with Crippen molar-refractivity contribution in [3.63, 3.8) is 0 Å². The fourth-order valence-corrected chi connectivity index (χ4v) is 6.23. The second kappa shape index (κ2) is 12.8. The first-order valence-corrected chi connectivity index (χ1v) is 13.5. The van der Waals surface area contributed by atoms with E-state index in [0.29, 0.717) is 46.8 Å². The molecule has 3 atom stereocenters. The normalized spacial score (nSPS) is 19.0. The number of ether oxygens (including phenoxy) is 1. The van der Waals surface area contributed by atoms with E-state index in [4.69, 9.17) is 4.74 Å². The first-order chi connectivity index (χ1) is 18.2. The lowest BCUT2D eigenvalue weighted by molar-refractivity contribution is -0.139. The van der Waals surface area contributed by atoms with Gasteiger partial charge >= 0.3 is 5.97 Å². The summed E-state index contributed by atoms with van der Waals surface area (Å²) in [6.45, 7) is 1.98. The van der Waals surface area contributed by atoms with Gasteiger partial charge in [-0.2, -0.15) is 0 Å². The Morgan fingerprint density at radius 2 is 1.95 bits per heavy atom. The number of aliphatic hydroxyl groups excluding tert-OH is 1. The maximum Gasteiger partial charge on any atom is 0.303 e. The Morgan fingerprint density at radius 1 is 1.18 bits per heavy atom. The van der Waals surface area contributed by atoms with Crippen LogP contribution < -0.4 is 4.74 Å². The van der Waals surface area contributed by atoms with Gasteiger partial charge in [0.15, 0.2) is 0 Å². The number of rotatable bonds is 11. The molecule has 2 heterocycles. The number of aliphatic hydroxyl groups is 1. The van der Waals surface area contributed by atoms with Crippen molar-refractivity contribution < 1.29 is 32.9 Å². The van der Waals surface area contributed by atoms with Crippen LogP contribution in [0.25, 0.3) is 10.9 Å². The number of aromatic nitrogens is 1. The molecule has 3 aromatic rings. The Hall–Kier alpha value is -2.82. The Labute approximate surface area is 223 Å². The van der Waals surface area contributed by atoms with E-state index < -0.39 is 29.5 Å². The van der Waals surface area contributed by atoms with Crippen LogP contribution in [0.3, 0.4) is 0 Å². The van der Waals surface area contributed by atoms with E-state index in [2.05, 4.69) is 9.88 Å². The summed E-state index contributed by atoms with van der Waals surface area (Å²) in [7, 11) is 1.51. The van der Waals surface area contributed by atoms with E-state index in [1.54, 1.807) is 18.2 Å². The van der Waals surface area contributed by atoms with Crippen LogP contribution in [0.1, 0.15) is 37.4 Å². The third kappa shape index (κ3) is 7.18. The molecule has 0 saturated carbocycles. The Morgan fingerprint density at radius 3 is 2.66 bits per heavy atom. The molecule has 4 rings (SSSR count). The molecule has 2 aromatic carbocycles. The molecular weight excluding hydrogens is 517 g/mol. The third-order valence-corrected chi connectivity index (χ3v) is 8.09. The Kier molecular flexibility index (Phi) is 9.51. The second-order valence-electron chi connectivity index (χ2n) is 9.66. The number of piperidine rings is 1. The summed E-state index contributed by atoms with van der Waals surface area (Å²) in [6, 6.07) is 8.53. The third-order valence-electron chi connectivity index (χ3n) is 7.14. The molecule has 1 aliphatic heterocycles. The lowest BCUT2D eigenvalue weighted by Crippen LogP contribution is -2.42. The average Bonchev–Trinajstić information content (AvgIpc) is 2.86. The first-order valence-electron chi connectivity index (χ1n) is 12.6. The molecule has 0 amide bonds. The fourth-order valence-electron chi connectivity index (χ4n) is 5.25. The largest absolute Gasteiger partial charge is 0.497 e. The highest BCUT2D eigenvalue weighted by atomic mass is 32.2. The number of methoxy groups -OCH3 is 1. The number of thioether (sulfide) groups is 1. The van der Waals surface area contributed by atoms with Gasteiger partial charge in [0.2, 0.25) is 0 Å². The van der Waals surface area contributed by atoms with Gasteiger partial charge in [0, 0.05) is 47.2 Å². The number of benzene rings is 2. The number of fused-ring (bicyclic) bond motifs is 1. The van der Waals surface area contributed by atoms with Gasteiger partial charge in [-0.1, -0.05) is 0 Å². The molecule has 10 heteroatoms. The van der Waals surface area contributed by atoms with Crippen LogP contribution >= 0.6 is 11.8 Å². The van der Waals surface area contributed by atoms with Crippen LogP contribution in [-0.4, -0.2) is 58.6 Å². The summed E-state index contributed by atoms with van der Waals surface area (Å²) in [4.78, 5) is 18.4. The molecule has 6 nitrogen and oxygen atoms in total. The molecule has 0 bridgehead atoms. The smallest absolute Gasteiger partial charge is 0.303 e. The first kappa shape index (κ1) is 28.2. The summed E-state index contributed by atoms with van der Waals surface area (Å²) in [6.07, 6.45) is 1.63. The van der Waals surface area contributed by atoms with E-state index in [0.717, 1.165) is 25.2 Å². The number of carboxylic acids is 1. The van der Waals surface area contributed by atoms with Gasteiger partial charge in [0.25, 0.3) is 0 Å². The molecule has 0 spiro atoms. The molecule has 1 fully saturated rings. The highest BCUT2D eigenvalue weighted by molar-refractivity contribution is 7.99. The number of hydrogen-bond acceptors (Lipinski definition) is 6. The van der Waals surface area contributed by atoms with Crippen LogP contribution in [0.2, 0.25) is 0 Å². The van der Waals surface area contributed by atoms with Crippen molar-refractivity contribution in [3.05, 3.63) is 65.6 Å². The van der Waals surface area contributed by atoms with Crippen molar-refractivity contribution in [2.45, 2.75) is 36.7 Å². The average molecular weight is 549 g/mol. The number of aliphatic carboxylic acids is 1. The number of hydrogen-bond donors (Lipinski definition) is 2. The SMILES string of the molecule is COc1ccc2ncc(F)c(C(O)CCC3CCN(CCSc4cc(F)cc(F)c4)CC3CC(=O)O)c2c1. The quantitative estimate of drug-likeness (QED) is 0.299. The summed E-state index contributed by atoms with van der Waals surface area (Å²) >= 11 is 1.35. The Balaban J connectivity index is 1.37. The number of nitrogens with zero attached hydrogens (tertiary/aromatic N) is 2. The van der Waals surface area contributed by atoms with Gasteiger partial charge in [-0.05, 0) is 68.0 Å². The minimum absolute atomic E-state index is 0.00323. The summed E-state index contributed by atoms with van der Waals surface area (Å²) in [5.41, 5.74) is 0.726. The number of halogens is 3. The van der Waals surface area contributed by atoms with Crippen LogP contribution in [0.5, 0.6) is 5.75 Å². The molecule has 1 aliphatic rings. The minimum Gasteiger partial charge on any atom is -0.497 e. The zero-order valence-electron chi connectivity index (χ0n) is 21.1. The lowest BCUT2D eigenvalue weighted by Gasteiger charge is -2.38. The van der Waals surface area contributed by atoms with Crippen molar-refractivity contribution in [1.29, 1.82) is 0 Å². The molecule has 0 radical (unpaired) electrons. The van der Waals surface area contributed by atoms with Crippen LogP contribution in [0.4, 0.5) is 13.2 Å². The fraction of sp³-hybridized carbons (Fsp3) is 0.429. The number of carbonyl (C=O) groups is 1. The van der Waals surface area contributed by atoms with E-state index in [1.807, 2.05) is 0 Å². The predicted octanol–water partition coefficient (Wildman–Crippen LogP) is 5.68. The molecule has 0 aliphatic carbocycles. The van der Waals surface area contributed by atoms with Gasteiger partial charge in [-0.3, -0.25) is 9.78 Å². The van der Waals surface area contributed by atoms with Gasteiger partial charge in [-0.25, -0.2) is 13.2 Å². The second-order valence-corrected chi connectivity index (χ2v) is 10.8. The number of pyridine rings is 1. The number of carboxylic acid groups (broad SMARTS) is 1. The van der Waals surface area contributed by atoms with Crippen molar-refractivity contribution in [1.82, 2.24) is 9.88 Å². The van der Waals surface area contributed by atoms with Gasteiger partial charge < -0.3 is 19.8 Å². The molecule has 1 aromatic heterocycles. The highest BCUT2D eigenvalue weighted by Gasteiger charge is 2.31. The lowest BCUT2D eigenvalue weighted by atomic mass is 9.79. The molecule has 3 unspecified atom stereocenters.